The molecule has 1 aromatic carbocycles. The molecular formula is C15H24N2O2. The average molecular weight is 264 g/mol. The zero-order valence-electron chi connectivity index (χ0n) is 12.4. The number of nitrogens with two attached hydrogens (primary N) is 1. The summed E-state index contributed by atoms with van der Waals surface area (Å²) in [5.41, 5.74) is 5.74. The van der Waals surface area contributed by atoms with Crippen LogP contribution in [0.1, 0.15) is 33.3 Å². The number of hydrogen-bond acceptors (Lipinski definition) is 3. The minimum atomic E-state index is -0.864. The van der Waals surface area contributed by atoms with Gasteiger partial charge in [0.15, 0.2) is 0 Å². The maximum absolute atomic E-state index is 11.8. The molecule has 0 heterocycles. The standard InChI is InChI=1S/C15H24N2O2/c1-14(2,10-17-13(18)15(3,4)16)11-8-6-7-9-12(11)19-5/h6-9H,10,16H2,1-5H3,(H,17,18). The van der Waals surface area contributed by atoms with Crippen molar-refractivity contribution in [3.63, 3.8) is 0 Å². The highest BCUT2D eigenvalue weighted by Gasteiger charge is 2.28. The number of ether oxygens (including phenoxy) is 1. The Morgan fingerprint density at radius 1 is 1.26 bits per heavy atom. The predicted molar refractivity (Wildman–Crippen MR) is 77.3 cm³/mol. The quantitative estimate of drug-likeness (QED) is 0.852. The van der Waals surface area contributed by atoms with E-state index in [1.165, 1.54) is 0 Å². The molecule has 0 saturated carbocycles. The maximum Gasteiger partial charge on any atom is 0.239 e. The van der Waals surface area contributed by atoms with Crippen molar-refractivity contribution in [3.8, 4) is 5.75 Å². The van der Waals surface area contributed by atoms with Crippen molar-refractivity contribution < 1.29 is 9.53 Å². The van der Waals surface area contributed by atoms with Gasteiger partial charge in [-0.1, -0.05) is 32.0 Å². The molecule has 0 aliphatic heterocycles. The van der Waals surface area contributed by atoms with Gasteiger partial charge in [-0.15, -0.1) is 0 Å². The molecule has 0 atom stereocenters. The summed E-state index contributed by atoms with van der Waals surface area (Å²) in [5.74, 6) is 0.671. The van der Waals surface area contributed by atoms with Crippen LogP contribution in [-0.2, 0) is 10.2 Å². The number of para-hydroxylation sites is 1. The van der Waals surface area contributed by atoms with Crippen LogP contribution in [0.2, 0.25) is 0 Å². The van der Waals surface area contributed by atoms with Crippen LogP contribution >= 0.6 is 0 Å². The van der Waals surface area contributed by atoms with E-state index in [0.29, 0.717) is 6.54 Å². The molecule has 0 saturated heterocycles. The summed E-state index contributed by atoms with van der Waals surface area (Å²) in [6, 6.07) is 7.83. The Hall–Kier alpha value is -1.55. The molecule has 0 bridgehead atoms. The Morgan fingerprint density at radius 2 is 1.84 bits per heavy atom. The van der Waals surface area contributed by atoms with Gasteiger partial charge in [0.1, 0.15) is 5.75 Å². The second-order valence-corrected chi connectivity index (χ2v) is 5.99. The fourth-order valence-electron chi connectivity index (χ4n) is 1.83. The third-order valence-corrected chi connectivity index (χ3v) is 3.11. The Bertz CT molecular complexity index is 448. The number of benzene rings is 1. The third kappa shape index (κ3) is 3.96. The lowest BCUT2D eigenvalue weighted by atomic mass is 9.83. The molecule has 0 aliphatic carbocycles. The van der Waals surface area contributed by atoms with Crippen molar-refractivity contribution in [1.29, 1.82) is 0 Å². The average Bonchev–Trinajstić information content (AvgIpc) is 2.34. The first kappa shape index (κ1) is 15.5. The van der Waals surface area contributed by atoms with E-state index < -0.39 is 5.54 Å². The van der Waals surface area contributed by atoms with E-state index >= 15 is 0 Å². The molecule has 0 fully saturated rings. The zero-order valence-corrected chi connectivity index (χ0v) is 12.4. The molecule has 106 valence electrons. The van der Waals surface area contributed by atoms with Gasteiger partial charge < -0.3 is 15.8 Å². The first-order chi connectivity index (χ1) is 8.68. The molecule has 0 aliphatic rings. The van der Waals surface area contributed by atoms with E-state index in [-0.39, 0.29) is 11.3 Å². The molecule has 19 heavy (non-hydrogen) atoms. The Labute approximate surface area is 115 Å². The monoisotopic (exact) mass is 264 g/mol. The summed E-state index contributed by atoms with van der Waals surface area (Å²) in [7, 11) is 1.65. The molecule has 0 aromatic heterocycles. The van der Waals surface area contributed by atoms with Crippen molar-refractivity contribution in [3.05, 3.63) is 29.8 Å². The highest BCUT2D eigenvalue weighted by molar-refractivity contribution is 5.85. The number of nitrogens with one attached hydrogen (secondary N) is 1. The number of carbonyl (C=O) groups excluding carboxylic acids is 1. The second kappa shape index (κ2) is 5.61. The van der Waals surface area contributed by atoms with Crippen LogP contribution in [-0.4, -0.2) is 25.1 Å². The lowest BCUT2D eigenvalue weighted by Crippen LogP contribution is -2.51. The van der Waals surface area contributed by atoms with Gasteiger partial charge in [0.2, 0.25) is 5.91 Å². The van der Waals surface area contributed by atoms with Crippen molar-refractivity contribution in [2.75, 3.05) is 13.7 Å². The Balaban J connectivity index is 2.84. The fourth-order valence-corrected chi connectivity index (χ4v) is 1.83. The summed E-state index contributed by atoms with van der Waals surface area (Å²) in [4.78, 5) is 11.8. The first-order valence-corrected chi connectivity index (χ1v) is 6.39. The minimum Gasteiger partial charge on any atom is -0.496 e. The molecule has 4 nitrogen and oxygen atoms in total. The fraction of sp³-hybridized carbons (Fsp3) is 0.533. The van der Waals surface area contributed by atoms with E-state index in [1.54, 1.807) is 21.0 Å². The van der Waals surface area contributed by atoms with Gasteiger partial charge in [-0.05, 0) is 19.9 Å². The van der Waals surface area contributed by atoms with Crippen molar-refractivity contribution >= 4 is 5.91 Å². The largest absolute Gasteiger partial charge is 0.496 e. The van der Waals surface area contributed by atoms with Gasteiger partial charge in [0.05, 0.1) is 12.6 Å². The molecule has 4 heteroatoms. The zero-order chi connectivity index (χ0) is 14.7. The van der Waals surface area contributed by atoms with Gasteiger partial charge in [0, 0.05) is 17.5 Å². The summed E-state index contributed by atoms with van der Waals surface area (Å²) >= 11 is 0. The molecule has 3 N–H and O–H groups in total. The maximum atomic E-state index is 11.8. The topological polar surface area (TPSA) is 64.3 Å². The van der Waals surface area contributed by atoms with Crippen LogP contribution in [0.4, 0.5) is 0 Å². The summed E-state index contributed by atoms with van der Waals surface area (Å²) in [6.07, 6.45) is 0. The van der Waals surface area contributed by atoms with Crippen molar-refractivity contribution in [1.82, 2.24) is 5.32 Å². The normalized spacial score (nSPS) is 12.1. The van der Waals surface area contributed by atoms with Gasteiger partial charge in [-0.2, -0.15) is 0 Å². The SMILES string of the molecule is COc1ccccc1C(C)(C)CNC(=O)C(C)(C)N. The molecule has 1 rings (SSSR count). The second-order valence-electron chi connectivity index (χ2n) is 5.99. The highest BCUT2D eigenvalue weighted by Crippen LogP contribution is 2.30. The molecule has 1 amide bonds. The van der Waals surface area contributed by atoms with E-state index in [2.05, 4.69) is 19.2 Å². The number of amides is 1. The van der Waals surface area contributed by atoms with Gasteiger partial charge in [0.25, 0.3) is 0 Å². The van der Waals surface area contributed by atoms with Crippen LogP contribution in [0.25, 0.3) is 0 Å². The number of carbonyl (C=O) groups is 1. The molecule has 0 unspecified atom stereocenters. The number of methoxy groups -OCH3 is 1. The molecule has 0 spiro atoms. The summed E-state index contributed by atoms with van der Waals surface area (Å²) in [5, 5.41) is 2.89. The van der Waals surface area contributed by atoms with Crippen LogP contribution in [0.15, 0.2) is 24.3 Å². The third-order valence-electron chi connectivity index (χ3n) is 3.11. The van der Waals surface area contributed by atoms with Crippen LogP contribution in [0.5, 0.6) is 5.75 Å². The molecular weight excluding hydrogens is 240 g/mol. The molecule has 1 aromatic rings. The van der Waals surface area contributed by atoms with E-state index in [4.69, 9.17) is 10.5 Å². The van der Waals surface area contributed by atoms with Crippen molar-refractivity contribution in [2.45, 2.75) is 38.6 Å². The number of hydrogen-bond donors (Lipinski definition) is 2. The van der Waals surface area contributed by atoms with E-state index in [0.717, 1.165) is 11.3 Å². The first-order valence-electron chi connectivity index (χ1n) is 6.39. The van der Waals surface area contributed by atoms with Crippen molar-refractivity contribution in [2.24, 2.45) is 5.73 Å². The molecule has 0 radical (unpaired) electrons. The Morgan fingerprint density at radius 3 is 2.37 bits per heavy atom. The van der Waals surface area contributed by atoms with Crippen LogP contribution < -0.4 is 15.8 Å². The highest BCUT2D eigenvalue weighted by atomic mass is 16.5. The van der Waals surface area contributed by atoms with E-state index in [9.17, 15) is 4.79 Å². The Kier molecular flexibility index (Phi) is 4.58. The number of rotatable bonds is 5. The van der Waals surface area contributed by atoms with Gasteiger partial charge in [-0.3, -0.25) is 4.79 Å². The van der Waals surface area contributed by atoms with Crippen LogP contribution in [0, 0.1) is 0 Å². The lowest BCUT2D eigenvalue weighted by Gasteiger charge is -2.29. The smallest absolute Gasteiger partial charge is 0.239 e. The van der Waals surface area contributed by atoms with Gasteiger partial charge in [-0.25, -0.2) is 0 Å². The van der Waals surface area contributed by atoms with Crippen LogP contribution in [0.3, 0.4) is 0 Å². The predicted octanol–water partition coefficient (Wildman–Crippen LogP) is 1.83. The summed E-state index contributed by atoms with van der Waals surface area (Å²) < 4.78 is 5.37. The lowest BCUT2D eigenvalue weighted by molar-refractivity contribution is -0.125. The van der Waals surface area contributed by atoms with E-state index in [1.807, 2.05) is 24.3 Å². The minimum absolute atomic E-state index is 0.157. The van der Waals surface area contributed by atoms with Gasteiger partial charge >= 0.3 is 0 Å². The summed E-state index contributed by atoms with van der Waals surface area (Å²) in [6.45, 7) is 8.02.